The molecule has 1 heterocycles. The highest BCUT2D eigenvalue weighted by Gasteiger charge is 2.21. The van der Waals surface area contributed by atoms with Gasteiger partial charge in [0.25, 0.3) is 0 Å². The fraction of sp³-hybridized carbons (Fsp3) is 0.267. The van der Waals surface area contributed by atoms with Gasteiger partial charge in [0.15, 0.2) is 5.13 Å². The van der Waals surface area contributed by atoms with E-state index in [2.05, 4.69) is 15.6 Å². The van der Waals surface area contributed by atoms with Crippen molar-refractivity contribution in [2.45, 2.75) is 13.0 Å². The van der Waals surface area contributed by atoms with Crippen LogP contribution in [-0.4, -0.2) is 41.3 Å². The Bertz CT molecular complexity index is 724. The van der Waals surface area contributed by atoms with Crippen molar-refractivity contribution in [3.05, 3.63) is 39.8 Å². The summed E-state index contributed by atoms with van der Waals surface area (Å²) >= 11 is 13.1. The summed E-state index contributed by atoms with van der Waals surface area (Å²) in [6.45, 7) is 1.77. The molecule has 1 aromatic heterocycles. The van der Waals surface area contributed by atoms with Gasteiger partial charge in [-0.2, -0.15) is 0 Å². The summed E-state index contributed by atoms with van der Waals surface area (Å²) in [7, 11) is 1.69. The minimum absolute atomic E-state index is 0.0483. The fourth-order valence-corrected chi connectivity index (χ4v) is 2.66. The summed E-state index contributed by atoms with van der Waals surface area (Å²) in [5.74, 6) is -0.487. The third kappa shape index (κ3) is 5.17. The van der Waals surface area contributed by atoms with Gasteiger partial charge in [-0.05, 0) is 32.2 Å². The summed E-state index contributed by atoms with van der Waals surface area (Å²) < 4.78 is 0. The highest BCUT2D eigenvalue weighted by atomic mass is 35.5. The molecule has 2 N–H and O–H groups in total. The van der Waals surface area contributed by atoms with E-state index in [0.29, 0.717) is 20.9 Å². The van der Waals surface area contributed by atoms with Gasteiger partial charge in [-0.15, -0.1) is 11.3 Å². The number of amides is 2. The molecule has 1 aromatic carbocycles. The van der Waals surface area contributed by atoms with Crippen LogP contribution in [0.1, 0.15) is 6.92 Å². The van der Waals surface area contributed by atoms with Gasteiger partial charge in [0.2, 0.25) is 11.8 Å². The van der Waals surface area contributed by atoms with Crippen LogP contribution in [0.25, 0.3) is 0 Å². The second kappa shape index (κ2) is 8.43. The lowest BCUT2D eigenvalue weighted by atomic mass is 10.2. The SMILES string of the molecule is CC(C(=O)Nc1nccs1)N(C)CC(=O)Nc1ccc(Cl)c(Cl)c1. The van der Waals surface area contributed by atoms with Crippen LogP contribution in [-0.2, 0) is 9.59 Å². The first-order chi connectivity index (χ1) is 11.4. The molecule has 24 heavy (non-hydrogen) atoms. The highest BCUT2D eigenvalue weighted by molar-refractivity contribution is 7.13. The molecule has 1 atom stereocenters. The van der Waals surface area contributed by atoms with Crippen molar-refractivity contribution in [3.8, 4) is 0 Å². The molecular formula is C15H16Cl2N4O2S. The van der Waals surface area contributed by atoms with Gasteiger partial charge in [0.1, 0.15) is 0 Å². The number of anilines is 2. The molecule has 0 aliphatic carbocycles. The third-order valence-corrected chi connectivity index (χ3v) is 4.73. The molecule has 0 spiro atoms. The number of carbonyl (C=O) groups is 2. The number of nitrogens with one attached hydrogen (secondary N) is 2. The van der Waals surface area contributed by atoms with E-state index < -0.39 is 6.04 Å². The minimum atomic E-state index is -0.492. The van der Waals surface area contributed by atoms with Crippen LogP contribution in [0.2, 0.25) is 10.0 Å². The first-order valence-electron chi connectivity index (χ1n) is 7.02. The number of rotatable bonds is 6. The van der Waals surface area contributed by atoms with Crippen LogP contribution in [0.3, 0.4) is 0 Å². The van der Waals surface area contributed by atoms with Crippen molar-refractivity contribution in [3.63, 3.8) is 0 Å². The van der Waals surface area contributed by atoms with E-state index >= 15 is 0 Å². The Hall–Kier alpha value is -1.67. The van der Waals surface area contributed by atoms with Gasteiger partial charge in [0.05, 0.1) is 22.6 Å². The molecule has 0 radical (unpaired) electrons. The number of halogens is 2. The molecule has 0 saturated heterocycles. The normalized spacial score (nSPS) is 12.0. The molecule has 0 saturated carbocycles. The largest absolute Gasteiger partial charge is 0.325 e. The van der Waals surface area contributed by atoms with Crippen molar-refractivity contribution < 1.29 is 9.59 Å². The van der Waals surface area contributed by atoms with Gasteiger partial charge in [-0.1, -0.05) is 23.2 Å². The maximum Gasteiger partial charge on any atom is 0.243 e. The lowest BCUT2D eigenvalue weighted by Crippen LogP contribution is -2.43. The second-order valence-corrected chi connectivity index (χ2v) is 6.80. The predicted molar refractivity (Wildman–Crippen MR) is 97.9 cm³/mol. The van der Waals surface area contributed by atoms with Crippen LogP contribution in [0, 0.1) is 0 Å². The highest BCUT2D eigenvalue weighted by Crippen LogP contribution is 2.24. The molecule has 2 amide bonds. The molecule has 2 aromatic rings. The van der Waals surface area contributed by atoms with E-state index in [9.17, 15) is 9.59 Å². The van der Waals surface area contributed by atoms with E-state index in [1.807, 2.05) is 0 Å². The van der Waals surface area contributed by atoms with E-state index in [1.54, 1.807) is 48.6 Å². The van der Waals surface area contributed by atoms with Crippen molar-refractivity contribution in [2.75, 3.05) is 24.2 Å². The lowest BCUT2D eigenvalue weighted by Gasteiger charge is -2.22. The Kier molecular flexibility index (Phi) is 6.56. The Morgan fingerprint density at radius 2 is 2.04 bits per heavy atom. The first kappa shape index (κ1) is 18.7. The fourth-order valence-electron chi connectivity index (χ4n) is 1.83. The van der Waals surface area contributed by atoms with E-state index in [4.69, 9.17) is 23.2 Å². The Balaban J connectivity index is 1.87. The standard InChI is InChI=1S/C15H16Cl2N4O2S/c1-9(14(23)20-15-18-5-6-24-15)21(2)8-13(22)19-10-3-4-11(16)12(17)7-10/h3-7,9H,8H2,1-2H3,(H,19,22)(H,18,20,23). The predicted octanol–water partition coefficient (Wildman–Crippen LogP) is 3.35. The van der Waals surface area contributed by atoms with Crippen molar-refractivity contribution in [1.82, 2.24) is 9.88 Å². The number of aromatic nitrogens is 1. The molecule has 0 bridgehead atoms. The number of hydrogen-bond donors (Lipinski definition) is 2. The zero-order chi connectivity index (χ0) is 17.7. The zero-order valence-electron chi connectivity index (χ0n) is 13.0. The first-order valence-corrected chi connectivity index (χ1v) is 8.66. The smallest absolute Gasteiger partial charge is 0.243 e. The van der Waals surface area contributed by atoms with Crippen LogP contribution in [0.4, 0.5) is 10.8 Å². The van der Waals surface area contributed by atoms with E-state index in [1.165, 1.54) is 11.3 Å². The van der Waals surface area contributed by atoms with Crippen LogP contribution in [0.15, 0.2) is 29.8 Å². The van der Waals surface area contributed by atoms with Crippen molar-refractivity contribution in [1.29, 1.82) is 0 Å². The molecule has 0 aliphatic rings. The summed E-state index contributed by atoms with van der Waals surface area (Å²) in [5.41, 5.74) is 0.544. The van der Waals surface area contributed by atoms with Gasteiger partial charge in [0, 0.05) is 17.3 Å². The summed E-state index contributed by atoms with van der Waals surface area (Å²) in [6.07, 6.45) is 1.61. The molecule has 6 nitrogen and oxygen atoms in total. The molecule has 2 rings (SSSR count). The van der Waals surface area contributed by atoms with Crippen molar-refractivity contribution >= 4 is 57.2 Å². The Morgan fingerprint density at radius 1 is 1.29 bits per heavy atom. The zero-order valence-corrected chi connectivity index (χ0v) is 15.4. The molecule has 1 unspecified atom stereocenters. The Morgan fingerprint density at radius 3 is 2.67 bits per heavy atom. The van der Waals surface area contributed by atoms with E-state index in [0.717, 1.165) is 0 Å². The topological polar surface area (TPSA) is 74.3 Å². The number of likely N-dealkylation sites (N-methyl/N-ethyl adjacent to an activating group) is 1. The van der Waals surface area contributed by atoms with Crippen molar-refractivity contribution in [2.24, 2.45) is 0 Å². The number of hydrogen-bond acceptors (Lipinski definition) is 5. The number of nitrogens with zero attached hydrogens (tertiary/aromatic N) is 2. The third-order valence-electron chi connectivity index (χ3n) is 3.30. The quantitative estimate of drug-likeness (QED) is 0.797. The van der Waals surface area contributed by atoms with Crippen LogP contribution >= 0.6 is 34.5 Å². The van der Waals surface area contributed by atoms with Crippen LogP contribution < -0.4 is 10.6 Å². The van der Waals surface area contributed by atoms with Crippen LogP contribution in [0.5, 0.6) is 0 Å². The molecule has 9 heteroatoms. The second-order valence-electron chi connectivity index (χ2n) is 5.09. The average Bonchev–Trinajstić information content (AvgIpc) is 3.02. The Labute approximate surface area is 153 Å². The van der Waals surface area contributed by atoms with Gasteiger partial charge >= 0.3 is 0 Å². The average molecular weight is 387 g/mol. The lowest BCUT2D eigenvalue weighted by molar-refractivity contribution is -0.122. The maximum atomic E-state index is 12.1. The summed E-state index contributed by atoms with van der Waals surface area (Å²) in [4.78, 5) is 29.8. The number of benzene rings is 1. The molecular weight excluding hydrogens is 371 g/mol. The van der Waals surface area contributed by atoms with Gasteiger partial charge < -0.3 is 10.6 Å². The van der Waals surface area contributed by atoms with E-state index in [-0.39, 0.29) is 18.4 Å². The molecule has 0 aliphatic heterocycles. The summed E-state index contributed by atoms with van der Waals surface area (Å²) in [6, 6.07) is 4.34. The maximum absolute atomic E-state index is 12.1. The number of carbonyl (C=O) groups excluding carboxylic acids is 2. The van der Waals surface area contributed by atoms with Gasteiger partial charge in [-0.3, -0.25) is 14.5 Å². The number of thiazole rings is 1. The monoisotopic (exact) mass is 386 g/mol. The van der Waals surface area contributed by atoms with Gasteiger partial charge in [-0.25, -0.2) is 4.98 Å². The molecule has 0 fully saturated rings. The minimum Gasteiger partial charge on any atom is -0.325 e. The molecule has 128 valence electrons. The summed E-state index contributed by atoms with van der Waals surface area (Å²) in [5, 5.41) is 8.49.